The summed E-state index contributed by atoms with van der Waals surface area (Å²) in [5, 5.41) is 23.3. The Morgan fingerprint density at radius 1 is 1.12 bits per heavy atom. The summed E-state index contributed by atoms with van der Waals surface area (Å²) in [6.07, 6.45) is 0. The van der Waals surface area contributed by atoms with Crippen LogP contribution in [0.5, 0.6) is 11.6 Å². The Morgan fingerprint density at radius 3 is 2.59 bits per heavy atom. The first-order valence-corrected chi connectivity index (χ1v) is 10.9. The van der Waals surface area contributed by atoms with Gasteiger partial charge in [-0.15, -0.1) is 10.2 Å². The summed E-state index contributed by atoms with van der Waals surface area (Å²) < 4.78 is 12.3. The number of rotatable bonds is 8. The summed E-state index contributed by atoms with van der Waals surface area (Å²) in [5.41, 5.74) is 2.50. The number of carbonyl (C=O) groups excluding carboxylic acids is 1. The Hall–Kier alpha value is -3.76. The highest BCUT2D eigenvalue weighted by Gasteiger charge is 2.20. The number of ether oxygens (including phenoxy) is 2. The molecule has 1 N–H and O–H groups in total. The third-order valence-electron chi connectivity index (χ3n) is 5.52. The summed E-state index contributed by atoms with van der Waals surface area (Å²) in [7, 11) is 1.60. The van der Waals surface area contributed by atoms with Crippen molar-refractivity contribution in [2.24, 2.45) is 15.4 Å². The van der Waals surface area contributed by atoms with Crippen LogP contribution in [-0.4, -0.2) is 66.2 Å². The number of para-hydroxylation sites is 1. The van der Waals surface area contributed by atoms with Crippen molar-refractivity contribution in [1.82, 2.24) is 9.47 Å². The van der Waals surface area contributed by atoms with Gasteiger partial charge < -0.3 is 19.4 Å². The summed E-state index contributed by atoms with van der Waals surface area (Å²) in [6, 6.07) is 14.8. The normalized spacial score (nSPS) is 15.2. The molecule has 1 aliphatic rings. The summed E-state index contributed by atoms with van der Waals surface area (Å²) in [4.78, 5) is 19.5. The minimum Gasteiger partial charge on any atom is -0.497 e. The Kier molecular flexibility index (Phi) is 7.51. The molecule has 3 aromatic rings. The second kappa shape index (κ2) is 10.9. The highest BCUT2D eigenvalue weighted by atomic mass is 16.6. The van der Waals surface area contributed by atoms with Crippen LogP contribution in [-0.2, 0) is 21.0 Å². The van der Waals surface area contributed by atoms with Crippen molar-refractivity contribution in [3.8, 4) is 11.6 Å². The van der Waals surface area contributed by atoms with Crippen molar-refractivity contribution in [2.45, 2.75) is 13.6 Å². The van der Waals surface area contributed by atoms with Crippen molar-refractivity contribution in [3.05, 3.63) is 54.1 Å². The van der Waals surface area contributed by atoms with Crippen LogP contribution in [0.2, 0.25) is 0 Å². The standard InChI is InChI=1S/C24H27N5O5/c1-17(18-7-9-19(32-2)10-8-18)27-34-15-22(30)25-26-23-20-5-3-4-6-21(20)29(24(23)31)16-28-11-13-33-14-12-28/h3-10,31H,11-16H2,1-2H3/b26-25?,27-17-. The number of hydrogen-bond donors (Lipinski definition) is 1. The number of benzene rings is 2. The molecule has 0 atom stereocenters. The fraction of sp³-hybridized carbons (Fsp3) is 0.333. The molecule has 178 valence electrons. The maximum atomic E-state index is 12.2. The Bertz CT molecular complexity index is 1200. The van der Waals surface area contributed by atoms with E-state index in [1.54, 1.807) is 18.6 Å². The van der Waals surface area contributed by atoms with E-state index in [0.29, 0.717) is 31.0 Å². The van der Waals surface area contributed by atoms with E-state index in [-0.39, 0.29) is 18.2 Å². The molecule has 1 fully saturated rings. The lowest BCUT2D eigenvalue weighted by atomic mass is 10.1. The number of hydrogen-bond acceptors (Lipinski definition) is 8. The minimum absolute atomic E-state index is 0.0430. The average molecular weight is 466 g/mol. The molecule has 2 heterocycles. The predicted octanol–water partition coefficient (Wildman–Crippen LogP) is 3.70. The maximum Gasteiger partial charge on any atom is 0.304 e. The number of aromatic hydroxyl groups is 1. The first kappa shape index (κ1) is 23.4. The van der Waals surface area contributed by atoms with Gasteiger partial charge in [0.1, 0.15) is 5.75 Å². The molecule has 0 spiro atoms. The molecule has 10 nitrogen and oxygen atoms in total. The largest absolute Gasteiger partial charge is 0.497 e. The van der Waals surface area contributed by atoms with Gasteiger partial charge in [-0.2, -0.15) is 0 Å². The quantitative estimate of drug-likeness (QED) is 0.309. The molecule has 2 aromatic carbocycles. The minimum atomic E-state index is -0.615. The lowest BCUT2D eigenvalue weighted by molar-refractivity contribution is -0.122. The van der Waals surface area contributed by atoms with Crippen LogP contribution in [0.1, 0.15) is 12.5 Å². The smallest absolute Gasteiger partial charge is 0.304 e. The SMILES string of the molecule is COc1ccc(/C(C)=N\OCC(=O)N=Nc2c(O)n(CN3CCOCC3)c3ccccc23)cc1. The molecule has 0 bridgehead atoms. The van der Waals surface area contributed by atoms with Crippen LogP contribution < -0.4 is 4.74 Å². The zero-order valence-electron chi connectivity index (χ0n) is 19.2. The Morgan fingerprint density at radius 2 is 1.85 bits per heavy atom. The highest BCUT2D eigenvalue weighted by Crippen LogP contribution is 2.39. The van der Waals surface area contributed by atoms with E-state index in [1.807, 2.05) is 48.5 Å². The molecule has 0 saturated carbocycles. The van der Waals surface area contributed by atoms with E-state index < -0.39 is 5.91 Å². The fourth-order valence-corrected chi connectivity index (χ4v) is 3.66. The number of azo groups is 1. The van der Waals surface area contributed by atoms with Crippen LogP contribution in [0.15, 0.2) is 63.9 Å². The molecule has 0 unspecified atom stereocenters. The molecule has 4 rings (SSSR count). The highest BCUT2D eigenvalue weighted by molar-refractivity contribution is 5.98. The van der Waals surface area contributed by atoms with Crippen molar-refractivity contribution < 1.29 is 24.2 Å². The molecule has 10 heteroatoms. The summed E-state index contributed by atoms with van der Waals surface area (Å²) in [5.74, 6) is 0.0804. The molecule has 1 amide bonds. The molecule has 0 aliphatic carbocycles. The number of nitrogens with zero attached hydrogens (tertiary/aromatic N) is 5. The van der Waals surface area contributed by atoms with Crippen LogP contribution >= 0.6 is 0 Å². The number of carbonyl (C=O) groups is 1. The number of fused-ring (bicyclic) bond motifs is 1. The third kappa shape index (κ3) is 5.41. The van der Waals surface area contributed by atoms with Gasteiger partial charge in [-0.05, 0) is 42.8 Å². The van der Waals surface area contributed by atoms with Gasteiger partial charge >= 0.3 is 5.91 Å². The van der Waals surface area contributed by atoms with Crippen LogP contribution in [0.3, 0.4) is 0 Å². The zero-order valence-corrected chi connectivity index (χ0v) is 19.2. The second-order valence-corrected chi connectivity index (χ2v) is 7.76. The number of aromatic nitrogens is 1. The second-order valence-electron chi connectivity index (χ2n) is 7.76. The van der Waals surface area contributed by atoms with E-state index in [2.05, 4.69) is 20.3 Å². The van der Waals surface area contributed by atoms with Gasteiger partial charge in [-0.1, -0.05) is 23.4 Å². The molecule has 1 saturated heterocycles. The molecule has 1 aliphatic heterocycles. The monoisotopic (exact) mass is 465 g/mol. The Labute approximate surface area is 197 Å². The number of amides is 1. The van der Waals surface area contributed by atoms with E-state index in [1.165, 1.54) is 0 Å². The van der Waals surface area contributed by atoms with E-state index in [0.717, 1.165) is 29.9 Å². The lowest BCUT2D eigenvalue weighted by Crippen LogP contribution is -2.37. The number of methoxy groups -OCH3 is 1. The number of oxime groups is 1. The van der Waals surface area contributed by atoms with Gasteiger partial charge in [0.25, 0.3) is 0 Å². The maximum absolute atomic E-state index is 12.2. The first-order valence-electron chi connectivity index (χ1n) is 10.9. The summed E-state index contributed by atoms with van der Waals surface area (Å²) in [6.45, 7) is 4.74. The number of morpholine rings is 1. The lowest BCUT2D eigenvalue weighted by Gasteiger charge is -2.27. The van der Waals surface area contributed by atoms with Gasteiger partial charge in [-0.25, -0.2) is 0 Å². The van der Waals surface area contributed by atoms with E-state index >= 15 is 0 Å². The summed E-state index contributed by atoms with van der Waals surface area (Å²) >= 11 is 0. The van der Waals surface area contributed by atoms with Crippen molar-refractivity contribution in [1.29, 1.82) is 0 Å². The molecule has 0 radical (unpaired) electrons. The van der Waals surface area contributed by atoms with Gasteiger partial charge in [0.15, 0.2) is 12.3 Å². The third-order valence-corrected chi connectivity index (χ3v) is 5.52. The zero-order chi connectivity index (χ0) is 23.9. The van der Waals surface area contributed by atoms with Crippen LogP contribution in [0, 0.1) is 0 Å². The first-order chi connectivity index (χ1) is 16.6. The van der Waals surface area contributed by atoms with Crippen molar-refractivity contribution >= 4 is 28.2 Å². The van der Waals surface area contributed by atoms with Crippen molar-refractivity contribution in [3.63, 3.8) is 0 Å². The van der Waals surface area contributed by atoms with E-state index in [9.17, 15) is 9.90 Å². The van der Waals surface area contributed by atoms with Gasteiger partial charge in [0.05, 0.1) is 38.2 Å². The fourth-order valence-electron chi connectivity index (χ4n) is 3.66. The molecule has 1 aromatic heterocycles. The van der Waals surface area contributed by atoms with Crippen LogP contribution in [0.4, 0.5) is 5.69 Å². The van der Waals surface area contributed by atoms with Crippen LogP contribution in [0.25, 0.3) is 10.9 Å². The Balaban J connectivity index is 1.43. The van der Waals surface area contributed by atoms with Gasteiger partial charge in [0, 0.05) is 18.5 Å². The molecular weight excluding hydrogens is 438 g/mol. The van der Waals surface area contributed by atoms with E-state index in [4.69, 9.17) is 14.3 Å². The van der Waals surface area contributed by atoms with Gasteiger partial charge in [-0.3, -0.25) is 14.3 Å². The van der Waals surface area contributed by atoms with Gasteiger partial charge in [0.2, 0.25) is 5.88 Å². The van der Waals surface area contributed by atoms with Crippen molar-refractivity contribution in [2.75, 3.05) is 40.0 Å². The molecular formula is C24H27N5O5. The molecule has 34 heavy (non-hydrogen) atoms. The predicted molar refractivity (Wildman–Crippen MR) is 127 cm³/mol. The topological polar surface area (TPSA) is 110 Å². The average Bonchev–Trinajstić information content (AvgIpc) is 3.14.